The second-order valence-electron chi connectivity index (χ2n) is 9.60. The van der Waals surface area contributed by atoms with Gasteiger partial charge in [-0.2, -0.15) is 4.40 Å². The highest BCUT2D eigenvalue weighted by Gasteiger charge is 2.28. The first-order valence-electron chi connectivity index (χ1n) is 10.8. The van der Waals surface area contributed by atoms with Crippen molar-refractivity contribution in [3.05, 3.63) is 29.8 Å². The van der Waals surface area contributed by atoms with Crippen LogP contribution in [0.25, 0.3) is 0 Å². The second-order valence-corrected chi connectivity index (χ2v) is 11.3. The summed E-state index contributed by atoms with van der Waals surface area (Å²) in [6, 6.07) is 1.30. The monoisotopic (exact) mass is 441 g/mol. The Balaban J connectivity index is 1.78. The Labute approximate surface area is 180 Å². The minimum atomic E-state index is -3.36. The third-order valence-corrected chi connectivity index (χ3v) is 7.08. The molecule has 1 heterocycles. The van der Waals surface area contributed by atoms with Gasteiger partial charge >= 0.3 is 0 Å². The average molecular weight is 442 g/mol. The Kier molecular flexibility index (Phi) is 8.94. The molecule has 2 rings (SSSR count). The van der Waals surface area contributed by atoms with E-state index in [1.807, 2.05) is 13.8 Å². The lowest BCUT2D eigenvalue weighted by Crippen LogP contribution is -2.43. The third-order valence-electron chi connectivity index (χ3n) is 5.55. The molecule has 0 bridgehead atoms. The lowest BCUT2D eigenvalue weighted by molar-refractivity contribution is 0.149. The zero-order chi connectivity index (χ0) is 22.4. The lowest BCUT2D eigenvalue weighted by Gasteiger charge is -2.35. The van der Waals surface area contributed by atoms with Gasteiger partial charge in [-0.3, -0.25) is 4.98 Å². The Bertz CT molecular complexity index is 804. The average Bonchev–Trinajstić information content (AvgIpc) is 2.64. The first kappa shape index (κ1) is 24.9. The van der Waals surface area contributed by atoms with E-state index in [-0.39, 0.29) is 23.1 Å². The van der Waals surface area contributed by atoms with Crippen molar-refractivity contribution in [2.45, 2.75) is 71.4 Å². The molecule has 6 nitrogen and oxygen atoms in total. The molecule has 1 aliphatic rings. The van der Waals surface area contributed by atoms with E-state index in [1.165, 1.54) is 12.3 Å². The van der Waals surface area contributed by atoms with Crippen LogP contribution in [0, 0.1) is 23.6 Å². The van der Waals surface area contributed by atoms with Gasteiger partial charge in [0.05, 0.1) is 18.1 Å². The molecule has 1 aromatic heterocycles. The van der Waals surface area contributed by atoms with Crippen molar-refractivity contribution in [1.29, 1.82) is 0 Å². The van der Waals surface area contributed by atoms with Crippen LogP contribution < -0.4 is 5.32 Å². The summed E-state index contributed by atoms with van der Waals surface area (Å²) in [5.41, 5.74) is 0.291. The fourth-order valence-electron chi connectivity index (χ4n) is 4.08. The summed E-state index contributed by atoms with van der Waals surface area (Å²) in [5, 5.41) is 13.7. The molecule has 8 heteroatoms. The smallest absolute Gasteiger partial charge is 0.253 e. The van der Waals surface area contributed by atoms with E-state index in [0.29, 0.717) is 18.0 Å². The molecule has 0 aliphatic heterocycles. The minimum absolute atomic E-state index is 0.0771. The highest BCUT2D eigenvalue weighted by molar-refractivity contribution is 7.90. The number of aliphatic hydroxyl groups excluding tert-OH is 1. The van der Waals surface area contributed by atoms with Crippen LogP contribution in [0.1, 0.15) is 71.5 Å². The third kappa shape index (κ3) is 8.78. The number of hydrogen-bond acceptors (Lipinski definition) is 5. The molecular formula is C22H36FN3O3S. The first-order chi connectivity index (χ1) is 14.0. The van der Waals surface area contributed by atoms with Gasteiger partial charge in [-0.25, -0.2) is 12.8 Å². The molecule has 1 atom stereocenters. The van der Waals surface area contributed by atoms with Crippen molar-refractivity contribution >= 4 is 16.2 Å². The van der Waals surface area contributed by atoms with Gasteiger partial charge < -0.3 is 10.4 Å². The molecule has 0 aromatic carbocycles. The maximum Gasteiger partial charge on any atom is 0.253 e. The van der Waals surface area contributed by atoms with Crippen LogP contribution in [-0.4, -0.2) is 42.6 Å². The van der Waals surface area contributed by atoms with E-state index in [0.717, 1.165) is 38.3 Å². The SMILES string of the molecule is CC(C)CS(=O)(=O)/N=C/C1CCC(CC(C)(C)NC[C@H](O)c2cncc(F)c2)CC1. The summed E-state index contributed by atoms with van der Waals surface area (Å²) in [7, 11) is -3.36. The topological polar surface area (TPSA) is 91.7 Å². The summed E-state index contributed by atoms with van der Waals surface area (Å²) in [6.45, 7) is 8.29. The van der Waals surface area contributed by atoms with Gasteiger partial charge in [0, 0.05) is 30.1 Å². The van der Waals surface area contributed by atoms with Crippen LogP contribution in [0.5, 0.6) is 0 Å². The molecule has 0 radical (unpaired) electrons. The predicted octanol–water partition coefficient (Wildman–Crippen LogP) is 3.88. The highest BCUT2D eigenvalue weighted by atomic mass is 32.2. The molecule has 1 aliphatic carbocycles. The quantitative estimate of drug-likeness (QED) is 0.538. The molecule has 0 spiro atoms. The number of rotatable bonds is 10. The summed E-state index contributed by atoms with van der Waals surface area (Å²) < 4.78 is 41.0. The number of nitrogens with zero attached hydrogens (tertiary/aromatic N) is 2. The van der Waals surface area contributed by atoms with Crippen molar-refractivity contribution in [3.8, 4) is 0 Å². The number of aromatic nitrogens is 1. The maximum atomic E-state index is 13.3. The van der Waals surface area contributed by atoms with E-state index in [4.69, 9.17) is 0 Å². The van der Waals surface area contributed by atoms with Crippen LogP contribution in [0.2, 0.25) is 0 Å². The first-order valence-corrected chi connectivity index (χ1v) is 12.4. The predicted molar refractivity (Wildman–Crippen MR) is 118 cm³/mol. The van der Waals surface area contributed by atoms with Gasteiger partial charge in [0.25, 0.3) is 10.0 Å². The standard InChI is InChI=1S/C22H36FN3O3S/c1-16(2)15-30(28,29)26-11-18-7-5-17(6-8-18)10-22(3,4)25-14-21(27)19-9-20(23)13-24-12-19/h9,11-13,16-18,21,25,27H,5-8,10,14-15H2,1-4H3/b26-11+/t17?,18?,21-/m0/s1. The normalized spacial score (nSPS) is 22.0. The largest absolute Gasteiger partial charge is 0.387 e. The number of hydrogen-bond donors (Lipinski definition) is 2. The van der Waals surface area contributed by atoms with Crippen molar-refractivity contribution in [1.82, 2.24) is 10.3 Å². The molecular weight excluding hydrogens is 405 g/mol. The molecule has 1 fully saturated rings. The number of nitrogens with one attached hydrogen (secondary N) is 1. The summed E-state index contributed by atoms with van der Waals surface area (Å²) in [5.74, 6) is 0.478. The van der Waals surface area contributed by atoms with Crippen LogP contribution in [-0.2, 0) is 10.0 Å². The van der Waals surface area contributed by atoms with Crippen LogP contribution in [0.3, 0.4) is 0 Å². The van der Waals surface area contributed by atoms with Crippen LogP contribution in [0.4, 0.5) is 4.39 Å². The van der Waals surface area contributed by atoms with E-state index in [2.05, 4.69) is 28.5 Å². The van der Waals surface area contributed by atoms with Crippen molar-refractivity contribution in [3.63, 3.8) is 0 Å². The van der Waals surface area contributed by atoms with Crippen molar-refractivity contribution in [2.24, 2.45) is 22.2 Å². The number of aliphatic hydroxyl groups is 1. The fraction of sp³-hybridized carbons (Fsp3) is 0.727. The van der Waals surface area contributed by atoms with Crippen molar-refractivity contribution in [2.75, 3.05) is 12.3 Å². The molecule has 170 valence electrons. The minimum Gasteiger partial charge on any atom is -0.387 e. The fourth-order valence-corrected chi connectivity index (χ4v) is 5.37. The number of pyridine rings is 1. The molecule has 1 saturated carbocycles. The van der Waals surface area contributed by atoms with Crippen LogP contribution in [0.15, 0.2) is 22.9 Å². The molecule has 0 unspecified atom stereocenters. The zero-order valence-corrected chi connectivity index (χ0v) is 19.3. The van der Waals surface area contributed by atoms with Gasteiger partial charge in [-0.1, -0.05) is 13.8 Å². The molecule has 0 amide bonds. The van der Waals surface area contributed by atoms with Gasteiger partial charge in [-0.15, -0.1) is 0 Å². The lowest BCUT2D eigenvalue weighted by atomic mass is 9.77. The number of β-amino-alcohol motifs (C(OH)–C–C–N with tert-alkyl or cyclic N) is 1. The maximum absolute atomic E-state index is 13.3. The van der Waals surface area contributed by atoms with Crippen LogP contribution >= 0.6 is 0 Å². The molecule has 2 N–H and O–H groups in total. The number of sulfonamides is 1. The summed E-state index contributed by atoms with van der Waals surface area (Å²) in [6.07, 6.45) is 8.33. The summed E-state index contributed by atoms with van der Waals surface area (Å²) >= 11 is 0. The number of halogens is 1. The Morgan fingerprint density at radius 3 is 2.57 bits per heavy atom. The van der Waals surface area contributed by atoms with E-state index in [9.17, 15) is 17.9 Å². The second kappa shape index (κ2) is 10.8. The molecule has 30 heavy (non-hydrogen) atoms. The van der Waals surface area contributed by atoms with Crippen molar-refractivity contribution < 1.29 is 17.9 Å². The van der Waals surface area contributed by atoms with Gasteiger partial charge in [-0.05, 0) is 69.8 Å². The Morgan fingerprint density at radius 2 is 1.97 bits per heavy atom. The Morgan fingerprint density at radius 1 is 1.30 bits per heavy atom. The molecule has 1 aromatic rings. The highest BCUT2D eigenvalue weighted by Crippen LogP contribution is 2.33. The van der Waals surface area contributed by atoms with Gasteiger partial charge in [0.15, 0.2) is 0 Å². The van der Waals surface area contributed by atoms with Gasteiger partial charge in [0.1, 0.15) is 5.82 Å². The molecule has 0 saturated heterocycles. The van der Waals surface area contributed by atoms with E-state index in [1.54, 1.807) is 6.21 Å². The zero-order valence-electron chi connectivity index (χ0n) is 18.5. The Hall–Kier alpha value is -1.38. The van der Waals surface area contributed by atoms with Gasteiger partial charge in [0.2, 0.25) is 0 Å². The summed E-state index contributed by atoms with van der Waals surface area (Å²) in [4.78, 5) is 3.78. The van der Waals surface area contributed by atoms with E-state index < -0.39 is 21.9 Å². The van der Waals surface area contributed by atoms with E-state index >= 15 is 0 Å².